The number of hydrogen-bond acceptors (Lipinski definition) is 5. The minimum Gasteiger partial charge on any atom is -0.342 e. The molecule has 0 bridgehead atoms. The second kappa shape index (κ2) is 13.4. The van der Waals surface area contributed by atoms with Crippen molar-refractivity contribution in [1.29, 1.82) is 0 Å². The van der Waals surface area contributed by atoms with Gasteiger partial charge in [-0.2, -0.15) is 0 Å². The number of carbonyl (C=O) groups is 2. The van der Waals surface area contributed by atoms with E-state index in [1.54, 1.807) is 24.3 Å². The highest BCUT2D eigenvalue weighted by Gasteiger charge is 2.25. The average Bonchev–Trinajstić information content (AvgIpc) is 3.26. The van der Waals surface area contributed by atoms with E-state index in [9.17, 15) is 9.59 Å². The fourth-order valence-electron chi connectivity index (χ4n) is 3.98. The van der Waals surface area contributed by atoms with Crippen molar-refractivity contribution < 1.29 is 9.59 Å². The van der Waals surface area contributed by atoms with Crippen LogP contribution < -0.4 is 10.6 Å². The lowest BCUT2D eigenvalue weighted by Gasteiger charge is -2.21. The third kappa shape index (κ3) is 7.82. The molecule has 2 aromatic carbocycles. The van der Waals surface area contributed by atoms with Crippen molar-refractivity contribution in [3.8, 4) is 0 Å². The number of carbonyl (C=O) groups excluding carboxylic acids is 2. The third-order valence-corrected chi connectivity index (χ3v) is 7.54. The summed E-state index contributed by atoms with van der Waals surface area (Å²) in [6, 6.07) is 12.5. The van der Waals surface area contributed by atoms with Crippen LogP contribution in [0, 0.1) is 5.92 Å². The van der Waals surface area contributed by atoms with Gasteiger partial charge in [0.1, 0.15) is 0 Å². The first-order valence-corrected chi connectivity index (χ1v) is 14.5. The molecule has 0 aliphatic heterocycles. The van der Waals surface area contributed by atoms with Gasteiger partial charge in [-0.25, -0.2) is 0 Å². The molecule has 198 valence electrons. The summed E-state index contributed by atoms with van der Waals surface area (Å²) in [5, 5.41) is 15.9. The summed E-state index contributed by atoms with van der Waals surface area (Å²) < 4.78 is 2.93. The molecule has 0 aliphatic carbocycles. The Morgan fingerprint density at radius 3 is 2.49 bits per heavy atom. The Morgan fingerprint density at radius 2 is 1.84 bits per heavy atom. The van der Waals surface area contributed by atoms with Crippen molar-refractivity contribution in [2.75, 3.05) is 11.1 Å². The molecule has 1 aromatic heterocycles. The van der Waals surface area contributed by atoms with Gasteiger partial charge in [0, 0.05) is 16.7 Å². The molecule has 0 unspecified atom stereocenters. The first-order chi connectivity index (χ1) is 17.6. The van der Waals surface area contributed by atoms with Gasteiger partial charge in [-0.05, 0) is 61.1 Å². The van der Waals surface area contributed by atoms with Crippen LogP contribution >= 0.6 is 39.3 Å². The number of aromatic nitrogens is 3. The average molecular weight is 607 g/mol. The van der Waals surface area contributed by atoms with Crippen LogP contribution in [0.5, 0.6) is 0 Å². The van der Waals surface area contributed by atoms with E-state index < -0.39 is 0 Å². The smallest absolute Gasteiger partial charge is 0.253 e. The lowest BCUT2D eigenvalue weighted by atomic mass is 10.0. The summed E-state index contributed by atoms with van der Waals surface area (Å²) >= 11 is 11.1. The van der Waals surface area contributed by atoms with Gasteiger partial charge in [-0.1, -0.05) is 79.1 Å². The van der Waals surface area contributed by atoms with Crippen LogP contribution in [-0.2, 0) is 11.3 Å². The molecule has 7 nitrogen and oxygen atoms in total. The molecule has 1 heterocycles. The van der Waals surface area contributed by atoms with Crippen LogP contribution in [0.15, 0.2) is 52.1 Å². The van der Waals surface area contributed by atoms with Gasteiger partial charge in [0.05, 0.1) is 22.4 Å². The first-order valence-electron chi connectivity index (χ1n) is 12.3. The van der Waals surface area contributed by atoms with E-state index in [1.165, 1.54) is 11.8 Å². The number of anilines is 1. The Balaban J connectivity index is 1.75. The van der Waals surface area contributed by atoms with E-state index in [1.807, 2.05) is 29.7 Å². The van der Waals surface area contributed by atoms with Crippen molar-refractivity contribution >= 4 is 56.8 Å². The summed E-state index contributed by atoms with van der Waals surface area (Å²) in [6.45, 7) is 11.0. The molecule has 0 radical (unpaired) electrons. The number of rotatable bonds is 11. The molecule has 0 fully saturated rings. The molecule has 1 atom stereocenters. The maximum Gasteiger partial charge on any atom is 0.253 e. The molecule has 37 heavy (non-hydrogen) atoms. The van der Waals surface area contributed by atoms with Crippen LogP contribution in [0.25, 0.3) is 0 Å². The van der Waals surface area contributed by atoms with Gasteiger partial charge in [-0.15, -0.1) is 10.2 Å². The molecule has 0 saturated carbocycles. The Labute approximate surface area is 236 Å². The first kappa shape index (κ1) is 29.2. The van der Waals surface area contributed by atoms with E-state index in [0.717, 1.165) is 15.7 Å². The van der Waals surface area contributed by atoms with Crippen LogP contribution in [0.1, 0.15) is 74.7 Å². The highest BCUT2D eigenvalue weighted by molar-refractivity contribution is 9.10. The molecule has 2 N–H and O–H groups in total. The highest BCUT2D eigenvalue weighted by Crippen LogP contribution is 2.29. The van der Waals surface area contributed by atoms with Gasteiger partial charge in [0.15, 0.2) is 11.0 Å². The second-order valence-electron chi connectivity index (χ2n) is 9.44. The summed E-state index contributed by atoms with van der Waals surface area (Å²) in [6.07, 6.45) is 0.682. The summed E-state index contributed by atoms with van der Waals surface area (Å²) in [4.78, 5) is 25.8. The monoisotopic (exact) mass is 605 g/mol. The van der Waals surface area contributed by atoms with Crippen LogP contribution in [0.2, 0.25) is 5.02 Å². The van der Waals surface area contributed by atoms with Crippen LogP contribution in [0.3, 0.4) is 0 Å². The zero-order valence-corrected chi connectivity index (χ0v) is 24.9. The Kier molecular flexibility index (Phi) is 10.6. The van der Waals surface area contributed by atoms with Gasteiger partial charge >= 0.3 is 0 Å². The van der Waals surface area contributed by atoms with Gasteiger partial charge < -0.3 is 15.2 Å². The zero-order chi connectivity index (χ0) is 27.1. The van der Waals surface area contributed by atoms with Crippen molar-refractivity contribution in [3.63, 3.8) is 0 Å². The lowest BCUT2D eigenvalue weighted by Crippen LogP contribution is -2.31. The Bertz CT molecular complexity index is 1250. The molecular weight excluding hydrogens is 574 g/mol. The standard InChI is InChI=1S/C27H33BrClN5O2S/c1-6-34-25(23(13-16(2)3)31-26(36)19-9-7-8-10-21(19)29)32-33-27(34)37-15-24(35)30-22-12-11-18(28)14-20(22)17(4)5/h7-12,14,16-17,23H,6,13,15H2,1-5H3,(H,30,35)(H,31,36)/t23-/m1/s1. The largest absolute Gasteiger partial charge is 0.342 e. The molecule has 0 spiro atoms. The van der Waals surface area contributed by atoms with E-state index in [2.05, 4.69) is 64.5 Å². The molecule has 0 aliphatic rings. The van der Waals surface area contributed by atoms with Crippen molar-refractivity contribution in [2.45, 2.75) is 64.7 Å². The quantitative estimate of drug-likeness (QED) is 0.228. The van der Waals surface area contributed by atoms with Crippen molar-refractivity contribution in [1.82, 2.24) is 20.1 Å². The summed E-state index contributed by atoms with van der Waals surface area (Å²) in [5.74, 6) is 1.05. The summed E-state index contributed by atoms with van der Waals surface area (Å²) in [7, 11) is 0. The second-order valence-corrected chi connectivity index (χ2v) is 11.7. The fourth-order valence-corrected chi connectivity index (χ4v) is 5.39. The Hall–Kier alpha value is -2.36. The maximum atomic E-state index is 13.0. The molecule has 3 aromatic rings. The molecule has 10 heteroatoms. The van der Waals surface area contributed by atoms with E-state index in [-0.39, 0.29) is 29.5 Å². The predicted octanol–water partition coefficient (Wildman–Crippen LogP) is 7.09. The summed E-state index contributed by atoms with van der Waals surface area (Å²) in [5.41, 5.74) is 2.29. The van der Waals surface area contributed by atoms with Crippen molar-refractivity contribution in [3.05, 3.63) is 68.9 Å². The number of nitrogens with zero attached hydrogens (tertiary/aromatic N) is 3. The predicted molar refractivity (Wildman–Crippen MR) is 154 cm³/mol. The molecule has 3 rings (SSSR count). The molecule has 0 saturated heterocycles. The Morgan fingerprint density at radius 1 is 1.11 bits per heavy atom. The SMILES string of the molecule is CCn1c(SCC(=O)Nc2ccc(Br)cc2C(C)C)nnc1[C@@H](CC(C)C)NC(=O)c1ccccc1Cl. The van der Waals surface area contributed by atoms with Crippen molar-refractivity contribution in [2.24, 2.45) is 5.92 Å². The number of benzene rings is 2. The normalized spacial score (nSPS) is 12.1. The van der Waals surface area contributed by atoms with E-state index in [4.69, 9.17) is 11.6 Å². The highest BCUT2D eigenvalue weighted by atomic mass is 79.9. The number of amides is 2. The lowest BCUT2D eigenvalue weighted by molar-refractivity contribution is -0.113. The topological polar surface area (TPSA) is 88.9 Å². The maximum absolute atomic E-state index is 13.0. The van der Waals surface area contributed by atoms with Crippen LogP contribution in [-0.4, -0.2) is 32.3 Å². The van der Waals surface area contributed by atoms with Gasteiger partial charge in [0.2, 0.25) is 5.91 Å². The van der Waals surface area contributed by atoms with Gasteiger partial charge in [-0.3, -0.25) is 9.59 Å². The number of halogens is 2. The van der Waals surface area contributed by atoms with Crippen LogP contribution in [0.4, 0.5) is 5.69 Å². The molecular formula is C27H33BrClN5O2S. The minimum atomic E-state index is -0.351. The van der Waals surface area contributed by atoms with E-state index >= 15 is 0 Å². The number of hydrogen-bond donors (Lipinski definition) is 2. The fraction of sp³-hybridized carbons (Fsp3) is 0.407. The van der Waals surface area contributed by atoms with E-state index in [0.29, 0.717) is 40.5 Å². The minimum absolute atomic E-state index is 0.118. The van der Waals surface area contributed by atoms with Gasteiger partial charge in [0.25, 0.3) is 5.91 Å². The zero-order valence-electron chi connectivity index (χ0n) is 21.7. The third-order valence-electron chi connectivity index (χ3n) is 5.75. The number of thioether (sulfide) groups is 1. The molecule has 2 amide bonds. The number of nitrogens with one attached hydrogen (secondary N) is 2.